The molecule has 1 aliphatic rings. The summed E-state index contributed by atoms with van der Waals surface area (Å²) < 4.78 is 5.16. The van der Waals surface area contributed by atoms with Crippen molar-refractivity contribution in [1.29, 1.82) is 0 Å². The van der Waals surface area contributed by atoms with Crippen LogP contribution in [0.3, 0.4) is 0 Å². The van der Waals surface area contributed by atoms with Crippen LogP contribution < -0.4 is 10.7 Å². The van der Waals surface area contributed by atoms with Gasteiger partial charge in [0.2, 0.25) is 11.2 Å². The van der Waals surface area contributed by atoms with Gasteiger partial charge in [-0.15, -0.1) is 0 Å². The van der Waals surface area contributed by atoms with Gasteiger partial charge < -0.3 is 24.8 Å². The highest BCUT2D eigenvalue weighted by atomic mass is 16.4. The quantitative estimate of drug-likeness (QED) is 0.498. The summed E-state index contributed by atoms with van der Waals surface area (Å²) in [5.41, 5.74) is 2.42. The molecular weight excluding hydrogens is 444 g/mol. The summed E-state index contributed by atoms with van der Waals surface area (Å²) in [6, 6.07) is 15.5. The van der Waals surface area contributed by atoms with Crippen molar-refractivity contribution in [2.24, 2.45) is 0 Å². The number of hydrogen-bond donors (Lipinski definition) is 3. The van der Waals surface area contributed by atoms with Crippen LogP contribution in [-0.2, 0) is 6.54 Å². The third-order valence-electron chi connectivity index (χ3n) is 5.72. The van der Waals surface area contributed by atoms with Crippen LogP contribution in [0.25, 0.3) is 0 Å². The number of nitrogens with one attached hydrogen (secondary N) is 1. The van der Waals surface area contributed by atoms with Crippen molar-refractivity contribution >= 4 is 11.6 Å². The Morgan fingerprint density at radius 2 is 1.69 bits per heavy atom. The molecule has 4 rings (SSSR count). The van der Waals surface area contributed by atoms with Crippen LogP contribution in [0.1, 0.15) is 40.1 Å². The number of benzene rings is 2. The van der Waals surface area contributed by atoms with Crippen LogP contribution >= 0.6 is 0 Å². The van der Waals surface area contributed by atoms with E-state index >= 15 is 0 Å². The number of aliphatic hydroxyl groups is 1. The van der Waals surface area contributed by atoms with Gasteiger partial charge in [-0.1, -0.05) is 11.8 Å². The molecule has 35 heavy (non-hydrogen) atoms. The molecule has 0 saturated carbocycles. The van der Waals surface area contributed by atoms with Crippen molar-refractivity contribution in [1.82, 2.24) is 4.90 Å². The lowest BCUT2D eigenvalue weighted by atomic mass is 10.1. The van der Waals surface area contributed by atoms with E-state index in [9.17, 15) is 19.8 Å². The number of carbonyl (C=O) groups is 1. The average molecular weight is 469 g/mol. The van der Waals surface area contributed by atoms with Gasteiger partial charge in [0, 0.05) is 35.0 Å². The summed E-state index contributed by atoms with van der Waals surface area (Å²) in [5.74, 6) is 11.3. The molecule has 3 N–H and O–H groups in total. The number of rotatable bonds is 5. The number of anilines is 1. The number of amides is 1. The fraction of sp³-hybridized carbons (Fsp3) is 0.214. The van der Waals surface area contributed by atoms with Crippen LogP contribution in [0, 0.1) is 23.7 Å². The summed E-state index contributed by atoms with van der Waals surface area (Å²) in [4.78, 5) is 25.8. The highest BCUT2D eigenvalue weighted by molar-refractivity contribution is 5.94. The van der Waals surface area contributed by atoms with Gasteiger partial charge in [-0.05, 0) is 73.2 Å². The maximum Gasteiger partial charge on any atom is 0.254 e. The monoisotopic (exact) mass is 468 g/mol. The normalized spacial score (nSPS) is 14.4. The van der Waals surface area contributed by atoms with Crippen molar-refractivity contribution in [2.45, 2.75) is 25.4 Å². The van der Waals surface area contributed by atoms with Crippen molar-refractivity contribution in [3.63, 3.8) is 0 Å². The van der Waals surface area contributed by atoms with Crippen LogP contribution in [0.2, 0.25) is 0 Å². The molecule has 1 aromatic heterocycles. The highest BCUT2D eigenvalue weighted by Crippen LogP contribution is 2.20. The predicted octanol–water partition coefficient (Wildman–Crippen LogP) is 2.96. The number of nitrogens with zero attached hydrogens (tertiary/aromatic N) is 1. The second kappa shape index (κ2) is 11.1. The first kappa shape index (κ1) is 23.7. The third-order valence-corrected chi connectivity index (χ3v) is 5.72. The molecule has 0 radical (unpaired) electrons. The molecule has 0 aliphatic carbocycles. The van der Waals surface area contributed by atoms with Crippen molar-refractivity contribution in [3.8, 4) is 29.4 Å². The van der Waals surface area contributed by atoms with Crippen LogP contribution in [0.15, 0.2) is 70.1 Å². The van der Waals surface area contributed by atoms with E-state index in [1.54, 1.807) is 29.2 Å². The molecule has 3 aromatic rings. The summed E-state index contributed by atoms with van der Waals surface area (Å²) in [6.07, 6.45) is 2.99. The molecule has 0 unspecified atom stereocenters. The molecule has 176 valence electrons. The Bertz CT molecular complexity index is 1370. The minimum Gasteiger partial charge on any atom is -0.502 e. The van der Waals surface area contributed by atoms with Crippen LogP contribution in [-0.4, -0.2) is 40.2 Å². The van der Waals surface area contributed by atoms with Crippen LogP contribution in [0.5, 0.6) is 5.75 Å². The summed E-state index contributed by atoms with van der Waals surface area (Å²) in [5, 5.41) is 22.2. The van der Waals surface area contributed by atoms with E-state index < -0.39 is 11.2 Å². The first-order valence-electron chi connectivity index (χ1n) is 11.2. The largest absolute Gasteiger partial charge is 0.502 e. The fourth-order valence-electron chi connectivity index (χ4n) is 3.79. The third kappa shape index (κ3) is 5.92. The van der Waals surface area contributed by atoms with E-state index in [-0.39, 0.29) is 30.9 Å². The standard InChI is InChI=1S/C28H24N2O5/c31-19-24-6-3-16-30(24)28(34)22-11-7-20(8-12-22)4-1-2-5-21-9-13-23(14-10-21)29-18-26-27(33)25(32)15-17-35-26/h7-15,17,24,29,31,33H,3,6,16,18-19H2/t24-/m0/s1. The maximum atomic E-state index is 12.6. The fourth-order valence-corrected chi connectivity index (χ4v) is 3.79. The summed E-state index contributed by atoms with van der Waals surface area (Å²) >= 11 is 0. The minimum atomic E-state index is -0.484. The Kier molecular flexibility index (Phi) is 7.52. The van der Waals surface area contributed by atoms with Gasteiger partial charge in [-0.25, -0.2) is 0 Å². The Morgan fingerprint density at radius 1 is 1.03 bits per heavy atom. The molecule has 1 atom stereocenters. The molecule has 1 amide bonds. The molecule has 0 spiro atoms. The topological polar surface area (TPSA) is 103 Å². The van der Waals surface area contributed by atoms with Gasteiger partial charge in [0.05, 0.1) is 25.5 Å². The SMILES string of the molecule is O=C(c1ccc(C#CC#Cc2ccc(NCc3occc(=O)c3O)cc2)cc1)N1CCC[C@H]1CO. The summed E-state index contributed by atoms with van der Waals surface area (Å²) in [7, 11) is 0. The lowest BCUT2D eigenvalue weighted by molar-refractivity contribution is 0.0677. The first-order chi connectivity index (χ1) is 17.0. The van der Waals surface area contributed by atoms with Gasteiger partial charge in [0.1, 0.15) is 0 Å². The van der Waals surface area contributed by atoms with Gasteiger partial charge in [0.15, 0.2) is 5.76 Å². The van der Waals surface area contributed by atoms with Crippen molar-refractivity contribution in [3.05, 3.63) is 93.5 Å². The number of hydrogen-bond acceptors (Lipinski definition) is 6. The van der Waals surface area contributed by atoms with E-state index in [2.05, 4.69) is 29.0 Å². The molecule has 1 fully saturated rings. The van der Waals surface area contributed by atoms with Crippen molar-refractivity contribution in [2.75, 3.05) is 18.5 Å². The molecule has 1 saturated heterocycles. The molecule has 2 heterocycles. The molecule has 0 bridgehead atoms. The number of likely N-dealkylation sites (tertiary alicyclic amines) is 1. The second-order valence-electron chi connectivity index (χ2n) is 8.04. The zero-order valence-electron chi connectivity index (χ0n) is 19.0. The van der Waals surface area contributed by atoms with Gasteiger partial charge in [-0.3, -0.25) is 9.59 Å². The number of aliphatic hydroxyl groups excluding tert-OH is 1. The van der Waals surface area contributed by atoms with Gasteiger partial charge in [-0.2, -0.15) is 0 Å². The van der Waals surface area contributed by atoms with E-state index in [4.69, 9.17) is 4.42 Å². The lowest BCUT2D eigenvalue weighted by Crippen LogP contribution is -2.37. The Morgan fingerprint density at radius 3 is 2.34 bits per heavy atom. The molecular formula is C28H24N2O5. The molecule has 1 aliphatic heterocycles. The Hall–Kier alpha value is -4.46. The summed E-state index contributed by atoms with van der Waals surface area (Å²) in [6.45, 7) is 0.834. The molecule has 7 heteroatoms. The number of carbonyl (C=O) groups excluding carboxylic acids is 1. The van der Waals surface area contributed by atoms with E-state index in [0.717, 1.165) is 35.7 Å². The second-order valence-corrected chi connectivity index (χ2v) is 8.04. The van der Waals surface area contributed by atoms with Gasteiger partial charge in [0.25, 0.3) is 5.91 Å². The lowest BCUT2D eigenvalue weighted by Gasteiger charge is -2.23. The zero-order chi connectivity index (χ0) is 24.6. The van der Waals surface area contributed by atoms with Crippen molar-refractivity contribution < 1.29 is 19.4 Å². The highest BCUT2D eigenvalue weighted by Gasteiger charge is 2.28. The maximum absolute atomic E-state index is 12.6. The van der Waals surface area contributed by atoms with Gasteiger partial charge >= 0.3 is 0 Å². The minimum absolute atomic E-state index is 0.00895. The zero-order valence-corrected chi connectivity index (χ0v) is 19.0. The van der Waals surface area contributed by atoms with Crippen LogP contribution in [0.4, 0.5) is 5.69 Å². The van der Waals surface area contributed by atoms with E-state index in [0.29, 0.717) is 12.1 Å². The molecule has 7 nitrogen and oxygen atoms in total. The average Bonchev–Trinajstić information content (AvgIpc) is 3.37. The Balaban J connectivity index is 1.32. The smallest absolute Gasteiger partial charge is 0.254 e. The number of aromatic hydroxyl groups is 1. The van der Waals surface area contributed by atoms with E-state index in [1.807, 2.05) is 24.3 Å². The Labute approximate surface area is 203 Å². The predicted molar refractivity (Wildman–Crippen MR) is 132 cm³/mol. The molecule has 2 aromatic carbocycles. The van der Waals surface area contributed by atoms with E-state index in [1.165, 1.54) is 6.26 Å². The first-order valence-corrected chi connectivity index (χ1v) is 11.2.